The highest BCUT2D eigenvalue weighted by Crippen LogP contribution is 2.46. The Bertz CT molecular complexity index is 1580. The zero-order chi connectivity index (χ0) is 24.2. The number of carbonyl (C=O) groups excluding carboxylic acids is 2. The Morgan fingerprint density at radius 1 is 0.824 bits per heavy atom. The number of esters is 1. The number of aromatic amines is 1. The molecule has 0 fully saturated rings. The van der Waals surface area contributed by atoms with Crippen LogP contribution in [0.15, 0.2) is 76.7 Å². The third-order valence-corrected chi connectivity index (χ3v) is 7.82. The van der Waals surface area contributed by atoms with E-state index in [0.29, 0.717) is 27.9 Å². The molecule has 1 aliphatic carbocycles. The molecule has 0 spiro atoms. The van der Waals surface area contributed by atoms with Crippen molar-refractivity contribution in [3.63, 3.8) is 0 Å². The average molecular weight is 472 g/mol. The zero-order valence-corrected chi connectivity index (χ0v) is 19.6. The van der Waals surface area contributed by atoms with Gasteiger partial charge >= 0.3 is 5.97 Å². The topological polar surface area (TPSA) is 93.3 Å². The van der Waals surface area contributed by atoms with Gasteiger partial charge in [0.2, 0.25) is 9.84 Å². The van der Waals surface area contributed by atoms with E-state index in [0.717, 1.165) is 11.1 Å². The number of fused-ring (bicyclic) bond motifs is 3. The van der Waals surface area contributed by atoms with E-state index in [1.165, 1.54) is 13.2 Å². The molecule has 0 saturated heterocycles. The maximum atomic E-state index is 13.7. The summed E-state index contributed by atoms with van der Waals surface area (Å²) < 4.78 is 32.3. The summed E-state index contributed by atoms with van der Waals surface area (Å²) >= 11 is 0. The van der Waals surface area contributed by atoms with Crippen molar-refractivity contribution in [1.82, 2.24) is 4.98 Å². The number of ether oxygens (including phenoxy) is 1. The van der Waals surface area contributed by atoms with Crippen LogP contribution in [0.2, 0.25) is 0 Å². The Morgan fingerprint density at radius 3 is 2.06 bits per heavy atom. The zero-order valence-electron chi connectivity index (χ0n) is 18.8. The van der Waals surface area contributed by atoms with E-state index in [1.54, 1.807) is 36.4 Å². The number of benzene rings is 3. The molecule has 4 aromatic rings. The van der Waals surface area contributed by atoms with Gasteiger partial charge in [0.1, 0.15) is 5.03 Å². The highest BCUT2D eigenvalue weighted by molar-refractivity contribution is 7.91. The van der Waals surface area contributed by atoms with E-state index in [1.807, 2.05) is 38.1 Å². The second-order valence-corrected chi connectivity index (χ2v) is 10.2. The van der Waals surface area contributed by atoms with Crippen LogP contribution in [-0.4, -0.2) is 32.3 Å². The van der Waals surface area contributed by atoms with Crippen LogP contribution in [0, 0.1) is 13.8 Å². The number of aryl methyl sites for hydroxylation is 2. The van der Waals surface area contributed by atoms with E-state index in [-0.39, 0.29) is 26.8 Å². The summed E-state index contributed by atoms with van der Waals surface area (Å²) in [6.45, 7) is 3.82. The van der Waals surface area contributed by atoms with Crippen LogP contribution in [0.1, 0.15) is 37.4 Å². The number of hydrogen-bond donors (Lipinski definition) is 1. The van der Waals surface area contributed by atoms with Gasteiger partial charge in [-0.05, 0) is 49.7 Å². The minimum Gasteiger partial charge on any atom is -0.465 e. The van der Waals surface area contributed by atoms with Crippen LogP contribution in [0.3, 0.4) is 0 Å². The van der Waals surface area contributed by atoms with Crippen LogP contribution < -0.4 is 0 Å². The van der Waals surface area contributed by atoms with Crippen LogP contribution in [0.4, 0.5) is 0 Å². The third-order valence-electron chi connectivity index (χ3n) is 6.09. The number of carbonyl (C=O) groups is 2. The highest BCUT2D eigenvalue weighted by atomic mass is 32.2. The molecule has 0 saturated carbocycles. The van der Waals surface area contributed by atoms with Crippen molar-refractivity contribution in [3.8, 4) is 22.4 Å². The van der Waals surface area contributed by atoms with Gasteiger partial charge in [0.25, 0.3) is 0 Å². The lowest BCUT2D eigenvalue weighted by atomic mass is 10.0. The number of H-pyrrole nitrogens is 1. The number of rotatable bonds is 4. The first-order valence-corrected chi connectivity index (χ1v) is 12.1. The van der Waals surface area contributed by atoms with Crippen molar-refractivity contribution in [2.24, 2.45) is 0 Å². The van der Waals surface area contributed by atoms with Gasteiger partial charge in [-0.1, -0.05) is 47.5 Å². The van der Waals surface area contributed by atoms with E-state index < -0.39 is 15.8 Å². The second-order valence-electron chi connectivity index (χ2n) is 8.34. The van der Waals surface area contributed by atoms with Gasteiger partial charge in [-0.15, -0.1) is 0 Å². The smallest absolute Gasteiger partial charge is 0.337 e. The molecule has 7 heteroatoms. The summed E-state index contributed by atoms with van der Waals surface area (Å²) in [4.78, 5) is 28.7. The number of methoxy groups -OCH3 is 1. The van der Waals surface area contributed by atoms with Crippen LogP contribution in [0.25, 0.3) is 22.4 Å². The van der Waals surface area contributed by atoms with Gasteiger partial charge < -0.3 is 9.72 Å². The summed E-state index contributed by atoms with van der Waals surface area (Å²) in [5.41, 5.74) is 4.71. The molecule has 0 aliphatic heterocycles. The Labute approximate surface area is 197 Å². The van der Waals surface area contributed by atoms with Crippen molar-refractivity contribution >= 4 is 21.6 Å². The van der Waals surface area contributed by atoms with Crippen molar-refractivity contribution in [1.29, 1.82) is 0 Å². The Hall–Kier alpha value is -3.97. The molecule has 0 unspecified atom stereocenters. The minimum absolute atomic E-state index is 0.0484. The standard InChI is InChI=1S/C27H21NO5S/c1-15-4-8-17(9-5-15)22-23-24(21-14-18(27(30)33-3)10-13-20(21)25(23)29)28-26(22)34(31,32)19-11-6-16(2)7-12-19/h4-14,28H,1-3H3. The number of aromatic nitrogens is 1. The van der Waals surface area contributed by atoms with Crippen LogP contribution in [0.5, 0.6) is 0 Å². The summed E-state index contributed by atoms with van der Waals surface area (Å²) in [7, 11) is -2.70. The lowest BCUT2D eigenvalue weighted by molar-refractivity contribution is 0.0600. The summed E-state index contributed by atoms with van der Waals surface area (Å²) in [5.74, 6) is -0.833. The molecule has 1 aliphatic rings. The van der Waals surface area contributed by atoms with E-state index in [4.69, 9.17) is 4.74 Å². The number of nitrogens with one attached hydrogen (secondary N) is 1. The van der Waals surface area contributed by atoms with Gasteiger partial charge in [0, 0.05) is 16.7 Å². The highest BCUT2D eigenvalue weighted by Gasteiger charge is 2.38. The molecule has 34 heavy (non-hydrogen) atoms. The Balaban J connectivity index is 1.81. The predicted molar refractivity (Wildman–Crippen MR) is 128 cm³/mol. The molecule has 170 valence electrons. The van der Waals surface area contributed by atoms with Crippen molar-refractivity contribution < 1.29 is 22.7 Å². The first kappa shape index (κ1) is 21.9. The molecule has 5 rings (SSSR count). The molecule has 1 heterocycles. The van der Waals surface area contributed by atoms with E-state index >= 15 is 0 Å². The molecule has 0 atom stereocenters. The SMILES string of the molecule is COC(=O)c1ccc2c(c1)-c1[nH]c(S(=O)(=O)c3ccc(C)cc3)c(-c3ccc(C)cc3)c1C2=O. The average Bonchev–Trinajstić information content (AvgIpc) is 3.36. The lowest BCUT2D eigenvalue weighted by Crippen LogP contribution is -2.07. The van der Waals surface area contributed by atoms with Gasteiger partial charge in [0.15, 0.2) is 5.78 Å². The molecule has 6 nitrogen and oxygen atoms in total. The lowest BCUT2D eigenvalue weighted by Gasteiger charge is -2.10. The summed E-state index contributed by atoms with van der Waals surface area (Å²) in [6.07, 6.45) is 0. The fourth-order valence-corrected chi connectivity index (χ4v) is 5.72. The van der Waals surface area contributed by atoms with E-state index in [9.17, 15) is 18.0 Å². The molecule has 0 radical (unpaired) electrons. The molecule has 3 aromatic carbocycles. The molecule has 1 aromatic heterocycles. The summed E-state index contributed by atoms with van der Waals surface area (Å²) in [5, 5.41) is -0.0484. The van der Waals surface area contributed by atoms with Crippen LogP contribution >= 0.6 is 0 Å². The Kier molecular flexibility index (Phi) is 5.02. The predicted octanol–water partition coefficient (Wildman–Crippen LogP) is 5.13. The largest absolute Gasteiger partial charge is 0.465 e. The van der Waals surface area contributed by atoms with Crippen molar-refractivity contribution in [2.75, 3.05) is 7.11 Å². The van der Waals surface area contributed by atoms with E-state index in [2.05, 4.69) is 4.98 Å². The van der Waals surface area contributed by atoms with Gasteiger partial charge in [-0.2, -0.15) is 0 Å². The molecule has 0 amide bonds. The quantitative estimate of drug-likeness (QED) is 0.367. The summed E-state index contributed by atoms with van der Waals surface area (Å²) in [6, 6.07) is 18.6. The normalized spacial score (nSPS) is 12.4. The monoisotopic (exact) mass is 471 g/mol. The number of sulfone groups is 1. The molecule has 1 N–H and O–H groups in total. The maximum absolute atomic E-state index is 13.7. The van der Waals surface area contributed by atoms with Crippen molar-refractivity contribution in [3.05, 3.63) is 94.5 Å². The second kappa shape index (κ2) is 7.81. The van der Waals surface area contributed by atoms with Gasteiger partial charge in [0.05, 0.1) is 28.8 Å². The Morgan fingerprint density at radius 2 is 1.44 bits per heavy atom. The number of ketones is 1. The minimum atomic E-state index is -3.98. The van der Waals surface area contributed by atoms with Crippen LogP contribution in [-0.2, 0) is 14.6 Å². The van der Waals surface area contributed by atoms with Gasteiger partial charge in [-0.25, -0.2) is 13.2 Å². The molecular weight excluding hydrogens is 450 g/mol. The first-order chi connectivity index (χ1) is 16.2. The third kappa shape index (κ3) is 3.28. The number of hydrogen-bond acceptors (Lipinski definition) is 5. The molecule has 0 bridgehead atoms. The van der Waals surface area contributed by atoms with Gasteiger partial charge in [-0.3, -0.25) is 4.79 Å². The fourth-order valence-electron chi connectivity index (χ4n) is 4.27. The first-order valence-electron chi connectivity index (χ1n) is 10.6. The molecular formula is C27H21NO5S. The maximum Gasteiger partial charge on any atom is 0.337 e. The van der Waals surface area contributed by atoms with Crippen molar-refractivity contribution in [2.45, 2.75) is 23.8 Å². The fraction of sp³-hybridized carbons (Fsp3) is 0.111.